The van der Waals surface area contributed by atoms with E-state index in [1.807, 2.05) is 30.3 Å². The van der Waals surface area contributed by atoms with Gasteiger partial charge in [-0.25, -0.2) is 0 Å². The second-order valence-corrected chi connectivity index (χ2v) is 8.28. The molecule has 1 aliphatic rings. The van der Waals surface area contributed by atoms with Gasteiger partial charge in [0.2, 0.25) is 5.91 Å². The van der Waals surface area contributed by atoms with Crippen LogP contribution in [0.5, 0.6) is 0 Å². The molecular formula is C19H23BrN4OS. The van der Waals surface area contributed by atoms with E-state index < -0.39 is 0 Å². The first-order valence-corrected chi connectivity index (χ1v) is 10.7. The number of allylic oxidation sites excluding steroid dienone is 1. The van der Waals surface area contributed by atoms with E-state index in [1.165, 1.54) is 43.9 Å². The Morgan fingerprint density at radius 2 is 2.00 bits per heavy atom. The van der Waals surface area contributed by atoms with Crippen LogP contribution in [0.15, 0.2) is 46.5 Å². The molecule has 1 aliphatic carbocycles. The van der Waals surface area contributed by atoms with Crippen LogP contribution in [0, 0.1) is 0 Å². The van der Waals surface area contributed by atoms with Gasteiger partial charge in [0.1, 0.15) is 5.82 Å². The molecule has 3 rings (SSSR count). The number of carbonyl (C=O) groups excluding carboxylic acids is 1. The number of nitrogens with one attached hydrogen (secondary N) is 1. The van der Waals surface area contributed by atoms with Crippen LogP contribution in [0.1, 0.15) is 43.8 Å². The van der Waals surface area contributed by atoms with Gasteiger partial charge < -0.3 is 9.88 Å². The zero-order valence-electron chi connectivity index (χ0n) is 14.7. The van der Waals surface area contributed by atoms with Gasteiger partial charge in [-0.3, -0.25) is 4.79 Å². The van der Waals surface area contributed by atoms with Crippen LogP contribution in [-0.2, 0) is 11.3 Å². The number of halogens is 1. The van der Waals surface area contributed by atoms with Gasteiger partial charge in [-0.2, -0.15) is 0 Å². The minimum absolute atomic E-state index is 0.0512. The monoisotopic (exact) mass is 434 g/mol. The fourth-order valence-corrected chi connectivity index (χ4v) is 4.25. The molecule has 0 saturated heterocycles. The molecule has 0 radical (unpaired) electrons. The maximum absolute atomic E-state index is 12.2. The maximum atomic E-state index is 12.2. The van der Waals surface area contributed by atoms with Gasteiger partial charge in [-0.15, -0.1) is 16.8 Å². The van der Waals surface area contributed by atoms with Crippen molar-refractivity contribution in [3.8, 4) is 0 Å². The van der Waals surface area contributed by atoms with Crippen molar-refractivity contribution in [1.29, 1.82) is 0 Å². The summed E-state index contributed by atoms with van der Waals surface area (Å²) in [4.78, 5) is 12.2. The third kappa shape index (κ3) is 4.98. The second-order valence-electron chi connectivity index (χ2n) is 6.42. The number of hydrogen-bond donors (Lipinski definition) is 1. The predicted molar refractivity (Wildman–Crippen MR) is 110 cm³/mol. The molecule has 0 unspecified atom stereocenters. The summed E-state index contributed by atoms with van der Waals surface area (Å²) in [5, 5.41) is 12.5. The van der Waals surface area contributed by atoms with Crippen LogP contribution in [0.4, 0.5) is 5.69 Å². The number of benzene rings is 1. The van der Waals surface area contributed by atoms with Crippen molar-refractivity contribution in [3.05, 3.63) is 47.2 Å². The Balaban J connectivity index is 1.63. The second kappa shape index (κ2) is 9.37. The molecule has 2 aromatic rings. The van der Waals surface area contributed by atoms with Crippen LogP contribution in [-0.4, -0.2) is 26.4 Å². The van der Waals surface area contributed by atoms with E-state index in [1.54, 1.807) is 0 Å². The summed E-state index contributed by atoms with van der Waals surface area (Å²) < 4.78 is 3.10. The fourth-order valence-electron chi connectivity index (χ4n) is 3.23. The van der Waals surface area contributed by atoms with Gasteiger partial charge >= 0.3 is 0 Å². The van der Waals surface area contributed by atoms with Gasteiger partial charge in [0, 0.05) is 22.6 Å². The van der Waals surface area contributed by atoms with Crippen LogP contribution >= 0.6 is 27.7 Å². The smallest absolute Gasteiger partial charge is 0.234 e. The Morgan fingerprint density at radius 1 is 1.27 bits per heavy atom. The third-order valence-corrected chi connectivity index (χ3v) is 5.98. The average molecular weight is 435 g/mol. The number of rotatable bonds is 7. The summed E-state index contributed by atoms with van der Waals surface area (Å²) in [6.07, 6.45) is 8.02. The standard InChI is InChI=1S/C19H23BrN4OS/c1-2-12-24-18(14-6-4-3-5-7-14)22-23-19(24)26-13-17(25)21-16-10-8-15(20)9-11-16/h2,8-11,14H,1,3-7,12-13H2,(H,21,25). The third-order valence-electron chi connectivity index (χ3n) is 4.49. The molecule has 1 fully saturated rings. The van der Waals surface area contributed by atoms with Crippen molar-refractivity contribution < 1.29 is 4.79 Å². The molecule has 0 bridgehead atoms. The lowest BCUT2D eigenvalue weighted by molar-refractivity contribution is -0.113. The maximum Gasteiger partial charge on any atom is 0.234 e. The van der Waals surface area contributed by atoms with Crippen LogP contribution in [0.2, 0.25) is 0 Å². The molecule has 0 aliphatic heterocycles. The van der Waals surface area contributed by atoms with Gasteiger partial charge in [0.05, 0.1) is 5.75 Å². The molecule has 7 heteroatoms. The molecule has 0 spiro atoms. The average Bonchev–Trinajstić information content (AvgIpc) is 3.06. The van der Waals surface area contributed by atoms with Crippen LogP contribution < -0.4 is 5.32 Å². The lowest BCUT2D eigenvalue weighted by Crippen LogP contribution is -2.15. The van der Waals surface area contributed by atoms with Gasteiger partial charge in [0.25, 0.3) is 0 Å². The highest BCUT2D eigenvalue weighted by Crippen LogP contribution is 2.33. The van der Waals surface area contributed by atoms with Gasteiger partial charge in [-0.1, -0.05) is 53.0 Å². The zero-order valence-corrected chi connectivity index (χ0v) is 17.1. The fraction of sp³-hybridized carbons (Fsp3) is 0.421. The SMILES string of the molecule is C=CCn1c(SCC(=O)Nc2ccc(Br)cc2)nnc1C1CCCCC1. The number of anilines is 1. The van der Waals surface area contributed by atoms with Crippen molar-refractivity contribution in [1.82, 2.24) is 14.8 Å². The van der Waals surface area contributed by atoms with Gasteiger partial charge in [-0.05, 0) is 37.1 Å². The summed E-state index contributed by atoms with van der Waals surface area (Å²) in [5.41, 5.74) is 0.786. The molecule has 5 nitrogen and oxygen atoms in total. The Bertz CT molecular complexity index is 753. The quantitative estimate of drug-likeness (QED) is 0.491. The molecule has 0 atom stereocenters. The highest BCUT2D eigenvalue weighted by atomic mass is 79.9. The normalized spacial score (nSPS) is 15.0. The summed E-state index contributed by atoms with van der Waals surface area (Å²) in [5.74, 6) is 1.77. The first-order chi connectivity index (χ1) is 12.7. The largest absolute Gasteiger partial charge is 0.325 e. The highest BCUT2D eigenvalue weighted by Gasteiger charge is 2.23. The van der Waals surface area contributed by atoms with Crippen molar-refractivity contribution in [3.63, 3.8) is 0 Å². The van der Waals surface area contributed by atoms with E-state index in [4.69, 9.17) is 0 Å². The number of aromatic nitrogens is 3. The van der Waals surface area contributed by atoms with Crippen LogP contribution in [0.3, 0.4) is 0 Å². The summed E-state index contributed by atoms with van der Waals surface area (Å²) in [7, 11) is 0. The van der Waals surface area contributed by atoms with E-state index in [0.717, 1.165) is 21.1 Å². The molecule has 1 aromatic carbocycles. The summed E-state index contributed by atoms with van der Waals surface area (Å²) in [6, 6.07) is 7.54. The van der Waals surface area contributed by atoms with Crippen molar-refractivity contribution >= 4 is 39.3 Å². The molecule has 138 valence electrons. The lowest BCUT2D eigenvalue weighted by Gasteiger charge is -2.21. The number of thioether (sulfide) groups is 1. The number of hydrogen-bond acceptors (Lipinski definition) is 4. The molecule has 1 saturated carbocycles. The Morgan fingerprint density at radius 3 is 2.69 bits per heavy atom. The highest BCUT2D eigenvalue weighted by molar-refractivity contribution is 9.10. The van der Waals surface area contributed by atoms with E-state index in [-0.39, 0.29) is 5.91 Å². The first-order valence-electron chi connectivity index (χ1n) is 8.89. The van der Waals surface area contributed by atoms with Crippen molar-refractivity contribution in [2.75, 3.05) is 11.1 Å². The molecule has 1 N–H and O–H groups in total. The molecule has 1 heterocycles. The van der Waals surface area contributed by atoms with Crippen molar-refractivity contribution in [2.24, 2.45) is 0 Å². The minimum atomic E-state index is -0.0512. The molecule has 26 heavy (non-hydrogen) atoms. The van der Waals surface area contributed by atoms with Crippen molar-refractivity contribution in [2.45, 2.75) is 49.7 Å². The summed E-state index contributed by atoms with van der Waals surface area (Å²) in [6.45, 7) is 4.53. The summed E-state index contributed by atoms with van der Waals surface area (Å²) >= 11 is 4.81. The van der Waals surface area contributed by atoms with Gasteiger partial charge in [0.15, 0.2) is 5.16 Å². The number of carbonyl (C=O) groups is 1. The Kier molecular flexibility index (Phi) is 6.91. The zero-order chi connectivity index (χ0) is 18.4. The van der Waals surface area contributed by atoms with E-state index in [0.29, 0.717) is 18.2 Å². The number of nitrogens with zero attached hydrogens (tertiary/aromatic N) is 3. The van der Waals surface area contributed by atoms with E-state index in [9.17, 15) is 4.79 Å². The Labute approximate surface area is 166 Å². The first kappa shape index (κ1) is 19.2. The predicted octanol–water partition coefficient (Wildman–Crippen LogP) is 5.01. The lowest BCUT2D eigenvalue weighted by atomic mass is 9.89. The van der Waals surface area contributed by atoms with E-state index in [2.05, 4.69) is 42.6 Å². The molecule has 1 amide bonds. The molecule has 1 aromatic heterocycles. The van der Waals surface area contributed by atoms with E-state index >= 15 is 0 Å². The number of amides is 1. The minimum Gasteiger partial charge on any atom is -0.325 e. The molecular weight excluding hydrogens is 412 g/mol. The Hall–Kier alpha value is -1.60. The topological polar surface area (TPSA) is 59.8 Å². The van der Waals surface area contributed by atoms with Crippen LogP contribution in [0.25, 0.3) is 0 Å².